The molecule has 1 N–H and O–H groups in total. The van der Waals surface area contributed by atoms with Gasteiger partial charge in [-0.05, 0) is 63.0 Å². The maximum absolute atomic E-state index is 12.1. The number of piperidine rings is 1. The number of nitrogens with zero attached hydrogens (tertiary/aromatic N) is 1. The van der Waals surface area contributed by atoms with E-state index in [0.717, 1.165) is 50.2 Å². The van der Waals surface area contributed by atoms with E-state index in [1.165, 1.54) is 12.7 Å². The van der Waals surface area contributed by atoms with Crippen molar-refractivity contribution in [2.45, 2.75) is 32.6 Å². The van der Waals surface area contributed by atoms with Gasteiger partial charge in [-0.1, -0.05) is 35.9 Å². The van der Waals surface area contributed by atoms with Crippen LogP contribution in [0.15, 0.2) is 59.8 Å². The lowest BCUT2D eigenvalue weighted by atomic mass is 9.97. The summed E-state index contributed by atoms with van der Waals surface area (Å²) in [6.07, 6.45) is 10.7. The second kappa shape index (κ2) is 10.8. The molecule has 1 amide bonds. The SMILES string of the molecule is COC(=O)C1CCN(CCc2ccc(OC(=O)NC3=CC=C(C)C=CC3)cc2)CC1. The van der Waals surface area contributed by atoms with Gasteiger partial charge >= 0.3 is 12.1 Å². The molecule has 1 saturated heterocycles. The van der Waals surface area contributed by atoms with Gasteiger partial charge in [0.1, 0.15) is 5.75 Å². The first-order valence-electron chi connectivity index (χ1n) is 10.5. The molecular formula is C24H30N2O4. The van der Waals surface area contributed by atoms with Crippen molar-refractivity contribution in [3.05, 3.63) is 65.4 Å². The average Bonchev–Trinajstić information content (AvgIpc) is 2.97. The molecule has 0 radical (unpaired) electrons. The number of hydrogen-bond donors (Lipinski definition) is 1. The van der Waals surface area contributed by atoms with Gasteiger partial charge in [-0.2, -0.15) is 0 Å². The molecule has 1 aliphatic carbocycles. The number of methoxy groups -OCH3 is 1. The Morgan fingerprint density at radius 2 is 1.87 bits per heavy atom. The number of esters is 1. The van der Waals surface area contributed by atoms with Crippen LogP contribution in [0.5, 0.6) is 5.75 Å². The quantitative estimate of drug-likeness (QED) is 0.718. The number of carbonyl (C=O) groups is 2. The van der Waals surface area contributed by atoms with Crippen LogP contribution in [-0.2, 0) is 16.0 Å². The van der Waals surface area contributed by atoms with E-state index < -0.39 is 6.09 Å². The zero-order chi connectivity index (χ0) is 21.3. The number of carbonyl (C=O) groups excluding carboxylic acids is 2. The molecule has 3 rings (SSSR count). The number of hydrogen-bond acceptors (Lipinski definition) is 5. The molecule has 0 spiro atoms. The van der Waals surface area contributed by atoms with E-state index in [1.54, 1.807) is 0 Å². The van der Waals surface area contributed by atoms with Crippen molar-refractivity contribution in [3.63, 3.8) is 0 Å². The van der Waals surface area contributed by atoms with Crippen molar-refractivity contribution in [2.24, 2.45) is 5.92 Å². The van der Waals surface area contributed by atoms with Crippen molar-refractivity contribution >= 4 is 12.1 Å². The smallest absolute Gasteiger partial charge is 0.416 e. The fraction of sp³-hybridized carbons (Fsp3) is 0.417. The first-order valence-corrected chi connectivity index (χ1v) is 10.5. The van der Waals surface area contributed by atoms with Gasteiger partial charge in [-0.3, -0.25) is 10.1 Å². The lowest BCUT2D eigenvalue weighted by molar-refractivity contribution is -0.147. The molecule has 6 heteroatoms. The molecule has 2 aliphatic rings. The Kier molecular flexibility index (Phi) is 7.85. The number of rotatable bonds is 6. The van der Waals surface area contributed by atoms with Crippen LogP contribution in [0.1, 0.15) is 31.7 Å². The first-order chi connectivity index (χ1) is 14.5. The molecule has 1 aromatic rings. The Morgan fingerprint density at radius 1 is 1.13 bits per heavy atom. The maximum Gasteiger partial charge on any atom is 0.416 e. The van der Waals surface area contributed by atoms with Crippen LogP contribution < -0.4 is 10.1 Å². The molecule has 0 unspecified atom stereocenters. The third-order valence-electron chi connectivity index (χ3n) is 5.50. The van der Waals surface area contributed by atoms with Gasteiger partial charge in [0, 0.05) is 18.7 Å². The summed E-state index contributed by atoms with van der Waals surface area (Å²) in [6.45, 7) is 4.80. The number of amides is 1. The van der Waals surface area contributed by atoms with E-state index in [1.807, 2.05) is 55.5 Å². The molecule has 0 saturated carbocycles. The Balaban J connectivity index is 1.41. The average molecular weight is 411 g/mol. The maximum atomic E-state index is 12.1. The van der Waals surface area contributed by atoms with Gasteiger partial charge in [-0.25, -0.2) is 4.79 Å². The third kappa shape index (κ3) is 6.59. The van der Waals surface area contributed by atoms with Crippen molar-refractivity contribution in [3.8, 4) is 5.75 Å². The Hall–Kier alpha value is -2.86. The second-order valence-electron chi connectivity index (χ2n) is 7.76. The van der Waals surface area contributed by atoms with Crippen LogP contribution in [0.3, 0.4) is 0 Å². The minimum atomic E-state index is -0.483. The van der Waals surface area contributed by atoms with E-state index >= 15 is 0 Å². The number of likely N-dealkylation sites (tertiary alicyclic amines) is 1. The van der Waals surface area contributed by atoms with Crippen LogP contribution in [-0.4, -0.2) is 43.7 Å². The molecule has 1 aromatic carbocycles. The predicted octanol–water partition coefficient (Wildman–Crippen LogP) is 3.99. The Bertz CT molecular complexity index is 831. The number of nitrogens with one attached hydrogen (secondary N) is 1. The van der Waals surface area contributed by atoms with E-state index in [0.29, 0.717) is 12.2 Å². The van der Waals surface area contributed by atoms with Gasteiger partial charge in [0.2, 0.25) is 0 Å². The van der Waals surface area contributed by atoms with Gasteiger partial charge in [-0.15, -0.1) is 0 Å². The number of ether oxygens (including phenoxy) is 2. The largest absolute Gasteiger partial charge is 0.469 e. The Labute approximate surface area is 178 Å². The third-order valence-corrected chi connectivity index (χ3v) is 5.50. The number of allylic oxidation sites excluding steroid dienone is 5. The highest BCUT2D eigenvalue weighted by atomic mass is 16.6. The van der Waals surface area contributed by atoms with Crippen molar-refractivity contribution < 1.29 is 19.1 Å². The summed E-state index contributed by atoms with van der Waals surface area (Å²) in [6, 6.07) is 7.63. The highest BCUT2D eigenvalue weighted by Gasteiger charge is 2.25. The van der Waals surface area contributed by atoms with E-state index in [2.05, 4.69) is 10.2 Å². The molecule has 160 valence electrons. The van der Waals surface area contributed by atoms with Crippen molar-refractivity contribution in [2.75, 3.05) is 26.7 Å². The summed E-state index contributed by atoms with van der Waals surface area (Å²) in [7, 11) is 1.45. The molecule has 1 heterocycles. The van der Waals surface area contributed by atoms with Gasteiger partial charge < -0.3 is 14.4 Å². The van der Waals surface area contributed by atoms with Crippen LogP contribution in [0.4, 0.5) is 4.79 Å². The number of benzene rings is 1. The molecule has 0 aromatic heterocycles. The molecule has 0 bridgehead atoms. The van der Waals surface area contributed by atoms with E-state index in [4.69, 9.17) is 9.47 Å². The summed E-state index contributed by atoms with van der Waals surface area (Å²) in [4.78, 5) is 26.1. The lowest BCUT2D eigenvalue weighted by Crippen LogP contribution is -2.37. The second-order valence-corrected chi connectivity index (χ2v) is 7.76. The summed E-state index contributed by atoms with van der Waals surface area (Å²) in [5.74, 6) is 0.470. The van der Waals surface area contributed by atoms with Crippen LogP contribution in [0.2, 0.25) is 0 Å². The Morgan fingerprint density at radius 3 is 2.57 bits per heavy atom. The lowest BCUT2D eigenvalue weighted by Gasteiger charge is -2.30. The highest BCUT2D eigenvalue weighted by Crippen LogP contribution is 2.19. The monoisotopic (exact) mass is 410 g/mol. The molecule has 30 heavy (non-hydrogen) atoms. The van der Waals surface area contributed by atoms with Gasteiger partial charge in [0.05, 0.1) is 13.0 Å². The normalized spacial score (nSPS) is 17.5. The standard InChI is InChI=1S/C24H30N2O4/c1-18-4-3-5-21(9-6-18)25-24(28)30-22-10-7-19(8-11-22)12-15-26-16-13-20(14-17-26)23(27)29-2/h3-4,6-11,20H,5,12-17H2,1-2H3,(H,25,28). The predicted molar refractivity (Wildman–Crippen MR) is 116 cm³/mol. The minimum Gasteiger partial charge on any atom is -0.469 e. The van der Waals surface area contributed by atoms with Crippen molar-refractivity contribution in [1.29, 1.82) is 0 Å². The summed E-state index contributed by atoms with van der Waals surface area (Å²) >= 11 is 0. The fourth-order valence-electron chi connectivity index (χ4n) is 3.65. The molecule has 1 aliphatic heterocycles. The topological polar surface area (TPSA) is 67.9 Å². The summed E-state index contributed by atoms with van der Waals surface area (Å²) < 4.78 is 10.2. The molecular weight excluding hydrogens is 380 g/mol. The highest BCUT2D eigenvalue weighted by molar-refractivity contribution is 5.73. The van der Waals surface area contributed by atoms with Crippen LogP contribution >= 0.6 is 0 Å². The summed E-state index contributed by atoms with van der Waals surface area (Å²) in [5.41, 5.74) is 3.14. The van der Waals surface area contributed by atoms with Gasteiger partial charge in [0.25, 0.3) is 0 Å². The zero-order valence-electron chi connectivity index (χ0n) is 17.7. The zero-order valence-corrected chi connectivity index (χ0v) is 17.7. The van der Waals surface area contributed by atoms with E-state index in [9.17, 15) is 9.59 Å². The van der Waals surface area contributed by atoms with Crippen LogP contribution in [0.25, 0.3) is 0 Å². The van der Waals surface area contributed by atoms with E-state index in [-0.39, 0.29) is 11.9 Å². The first kappa shape index (κ1) is 21.8. The van der Waals surface area contributed by atoms with Crippen LogP contribution in [0, 0.1) is 5.92 Å². The molecule has 6 nitrogen and oxygen atoms in total. The van der Waals surface area contributed by atoms with Gasteiger partial charge in [0.15, 0.2) is 0 Å². The molecule has 1 fully saturated rings. The fourth-order valence-corrected chi connectivity index (χ4v) is 3.65. The summed E-state index contributed by atoms with van der Waals surface area (Å²) in [5, 5.41) is 2.79. The molecule has 0 atom stereocenters. The van der Waals surface area contributed by atoms with Crippen molar-refractivity contribution in [1.82, 2.24) is 10.2 Å². The minimum absolute atomic E-state index is 0.0404.